The van der Waals surface area contributed by atoms with Gasteiger partial charge in [-0.15, -0.1) is 0 Å². The maximum absolute atomic E-state index is 12.7. The number of hydrogen-bond donors (Lipinski definition) is 3. The predicted octanol–water partition coefficient (Wildman–Crippen LogP) is 7.57. The highest BCUT2D eigenvalue weighted by atomic mass is 16.5. The predicted molar refractivity (Wildman–Crippen MR) is 173 cm³/mol. The number of fused-ring (bicyclic) bond motifs is 8. The van der Waals surface area contributed by atoms with Crippen LogP contribution >= 0.6 is 0 Å². The number of aromatic nitrogens is 4. The summed E-state index contributed by atoms with van der Waals surface area (Å²) >= 11 is 0. The number of carbonyl (C=O) groups excluding carboxylic acids is 1. The third kappa shape index (κ3) is 5.54. The fourth-order valence-electron chi connectivity index (χ4n) is 6.57. The highest BCUT2D eigenvalue weighted by molar-refractivity contribution is 5.92. The minimum absolute atomic E-state index is 0.0519. The molecule has 0 saturated carbocycles. The Morgan fingerprint density at radius 1 is 0.905 bits per heavy atom. The summed E-state index contributed by atoms with van der Waals surface area (Å²) < 4.78 is 5.09. The molecule has 0 radical (unpaired) electrons. The number of hydrogen-bond acceptors (Lipinski definition) is 4. The highest BCUT2D eigenvalue weighted by Crippen LogP contribution is 2.42. The number of carbonyl (C=O) groups is 1. The Morgan fingerprint density at radius 3 is 2.33 bits per heavy atom. The molecule has 3 aromatic heterocycles. The van der Waals surface area contributed by atoms with Crippen LogP contribution in [0, 0.1) is 20.8 Å². The van der Waals surface area contributed by atoms with Crippen LogP contribution in [0.25, 0.3) is 33.2 Å². The van der Waals surface area contributed by atoms with E-state index in [1.54, 1.807) is 7.11 Å². The first-order valence-corrected chi connectivity index (χ1v) is 15.3. The Balaban J connectivity index is 1.75. The van der Waals surface area contributed by atoms with Gasteiger partial charge in [0, 0.05) is 65.4 Å². The lowest BCUT2D eigenvalue weighted by Gasteiger charge is -2.17. The van der Waals surface area contributed by atoms with E-state index in [-0.39, 0.29) is 17.7 Å². The van der Waals surface area contributed by atoms with E-state index in [0.29, 0.717) is 19.6 Å². The second-order valence-electron chi connectivity index (χ2n) is 11.8. The molecule has 0 aliphatic carbocycles. The van der Waals surface area contributed by atoms with Crippen LogP contribution in [0.3, 0.4) is 0 Å². The number of nitrogens with one attached hydrogen (secondary N) is 3. The maximum Gasteiger partial charge on any atom is 0.220 e. The van der Waals surface area contributed by atoms with E-state index >= 15 is 0 Å². The van der Waals surface area contributed by atoms with Gasteiger partial charge in [0.25, 0.3) is 0 Å². The number of aromatic amines is 2. The third-order valence-electron chi connectivity index (χ3n) is 9.22. The molecule has 8 bridgehead atoms. The average Bonchev–Trinajstić information content (AvgIpc) is 3.66. The first-order valence-electron chi connectivity index (χ1n) is 15.3. The van der Waals surface area contributed by atoms with Gasteiger partial charge >= 0.3 is 0 Å². The number of methoxy groups -OCH3 is 1. The van der Waals surface area contributed by atoms with E-state index in [1.165, 1.54) is 27.8 Å². The molecule has 3 N–H and O–H groups in total. The van der Waals surface area contributed by atoms with Gasteiger partial charge in [-0.25, -0.2) is 4.98 Å². The SMILES string of the molecule is CCC1=C(C)c2cc3[nH]c(cc4nc(c(C)c5cc(C)c(cc1n2)[nH]5)[C@@H](CCC(=O)NCCOC)C4C)c(C)c3CC. The van der Waals surface area contributed by atoms with E-state index in [9.17, 15) is 4.79 Å². The van der Waals surface area contributed by atoms with Crippen molar-refractivity contribution in [2.45, 2.75) is 86.0 Å². The molecule has 7 nitrogen and oxygen atoms in total. The molecule has 0 spiro atoms. The van der Waals surface area contributed by atoms with Crippen molar-refractivity contribution in [2.75, 3.05) is 20.3 Å². The number of rotatable bonds is 8. The quantitative estimate of drug-likeness (QED) is 0.245. The third-order valence-corrected chi connectivity index (χ3v) is 9.22. The Labute approximate surface area is 249 Å². The summed E-state index contributed by atoms with van der Waals surface area (Å²) in [6.45, 7) is 16.4. The van der Waals surface area contributed by atoms with Crippen molar-refractivity contribution in [2.24, 2.45) is 0 Å². The summed E-state index contributed by atoms with van der Waals surface area (Å²) in [6, 6.07) is 8.85. The molecule has 222 valence electrons. The first-order chi connectivity index (χ1) is 20.2. The zero-order chi connectivity index (χ0) is 30.1. The molecule has 2 aliphatic rings. The van der Waals surface area contributed by atoms with Crippen molar-refractivity contribution in [1.29, 1.82) is 0 Å². The van der Waals surface area contributed by atoms with Crippen LogP contribution in [0.1, 0.15) is 104 Å². The average molecular weight is 568 g/mol. The molecule has 3 aromatic rings. The molecule has 5 heterocycles. The number of allylic oxidation sites excluding steroid dienone is 2. The molecule has 42 heavy (non-hydrogen) atoms. The zero-order valence-corrected chi connectivity index (χ0v) is 26.4. The molecule has 1 unspecified atom stereocenters. The van der Waals surface area contributed by atoms with Crippen LogP contribution in [-0.2, 0) is 16.0 Å². The van der Waals surface area contributed by atoms with Crippen molar-refractivity contribution >= 4 is 39.1 Å². The molecule has 0 fully saturated rings. The molecule has 5 rings (SSSR count). The lowest BCUT2D eigenvalue weighted by Crippen LogP contribution is -2.27. The molecular weight excluding hydrogens is 522 g/mol. The molecule has 0 saturated heterocycles. The minimum Gasteiger partial charge on any atom is -0.383 e. The molecule has 2 aliphatic heterocycles. The van der Waals surface area contributed by atoms with E-state index in [4.69, 9.17) is 14.7 Å². The lowest BCUT2D eigenvalue weighted by molar-refractivity contribution is -0.121. The molecule has 7 heteroatoms. The van der Waals surface area contributed by atoms with Crippen molar-refractivity contribution in [3.05, 3.63) is 69.3 Å². The van der Waals surface area contributed by atoms with Gasteiger partial charge < -0.3 is 20.0 Å². The van der Waals surface area contributed by atoms with Gasteiger partial charge in [-0.05, 0) is 105 Å². The van der Waals surface area contributed by atoms with E-state index in [0.717, 1.165) is 69.7 Å². The normalized spacial score (nSPS) is 16.8. The highest BCUT2D eigenvalue weighted by Gasteiger charge is 2.31. The Hall–Kier alpha value is -3.71. The van der Waals surface area contributed by atoms with Gasteiger partial charge in [0.15, 0.2) is 0 Å². The summed E-state index contributed by atoms with van der Waals surface area (Å²) in [4.78, 5) is 30.5. The first kappa shape index (κ1) is 29.8. The van der Waals surface area contributed by atoms with Crippen molar-refractivity contribution in [1.82, 2.24) is 25.3 Å². The molecule has 0 aromatic carbocycles. The van der Waals surface area contributed by atoms with Crippen LogP contribution in [-0.4, -0.2) is 46.1 Å². The van der Waals surface area contributed by atoms with Crippen LogP contribution in [0.5, 0.6) is 0 Å². The second kappa shape index (κ2) is 12.3. The summed E-state index contributed by atoms with van der Waals surface area (Å²) in [5.41, 5.74) is 15.9. The van der Waals surface area contributed by atoms with Gasteiger partial charge in [-0.3, -0.25) is 9.78 Å². The van der Waals surface area contributed by atoms with Gasteiger partial charge in [-0.1, -0.05) is 20.8 Å². The summed E-state index contributed by atoms with van der Waals surface area (Å²) in [6.07, 6.45) is 3.03. The van der Waals surface area contributed by atoms with Crippen LogP contribution in [0.2, 0.25) is 0 Å². The molecule has 2 atom stereocenters. The summed E-state index contributed by atoms with van der Waals surface area (Å²) in [7, 11) is 1.64. The number of amides is 1. The Kier molecular flexibility index (Phi) is 8.69. The van der Waals surface area contributed by atoms with E-state index in [1.807, 2.05) is 0 Å². The van der Waals surface area contributed by atoms with Crippen molar-refractivity contribution < 1.29 is 9.53 Å². The second-order valence-corrected chi connectivity index (χ2v) is 11.8. The topological polar surface area (TPSA) is 95.7 Å². The fourth-order valence-corrected chi connectivity index (χ4v) is 6.57. The van der Waals surface area contributed by atoms with Crippen molar-refractivity contribution in [3.8, 4) is 0 Å². The smallest absolute Gasteiger partial charge is 0.220 e. The standard InChI is InChI=1S/C35H45N5O2/c1-9-24-21(5)30-18-33-25(10-2)20(4)29(38-33)17-31-22(6)26(11-12-34(41)36-13-14-42-8)35(40-31)23(7)28-15-19(3)27(37-28)16-32(24)39-30/h15-18,22,26,37-38H,9-14H2,1-8H3,(H,36,41)/t22?,26-/m0/s1. The monoisotopic (exact) mass is 567 g/mol. The Morgan fingerprint density at radius 2 is 1.62 bits per heavy atom. The van der Waals surface area contributed by atoms with Gasteiger partial charge in [0.2, 0.25) is 5.91 Å². The summed E-state index contributed by atoms with van der Waals surface area (Å²) in [5, 5.41) is 2.97. The van der Waals surface area contributed by atoms with Crippen LogP contribution in [0.15, 0.2) is 24.3 Å². The lowest BCUT2D eigenvalue weighted by atomic mass is 9.86. The minimum atomic E-state index is 0.0519. The van der Waals surface area contributed by atoms with E-state index in [2.05, 4.69) is 88.0 Å². The number of H-pyrrole nitrogens is 2. The van der Waals surface area contributed by atoms with Gasteiger partial charge in [0.1, 0.15) is 0 Å². The fraction of sp³-hybridized carbons (Fsp3) is 0.457. The largest absolute Gasteiger partial charge is 0.383 e. The zero-order valence-electron chi connectivity index (χ0n) is 26.4. The number of nitrogens with zero attached hydrogens (tertiary/aromatic N) is 2. The van der Waals surface area contributed by atoms with Crippen molar-refractivity contribution in [3.63, 3.8) is 0 Å². The van der Waals surface area contributed by atoms with E-state index < -0.39 is 0 Å². The van der Waals surface area contributed by atoms with Gasteiger partial charge in [-0.2, -0.15) is 0 Å². The maximum atomic E-state index is 12.7. The van der Waals surface area contributed by atoms with Gasteiger partial charge in [0.05, 0.1) is 18.0 Å². The summed E-state index contributed by atoms with van der Waals surface area (Å²) in [5.74, 6) is 0.361. The number of ether oxygens (including phenoxy) is 1. The number of aryl methyl sites for hydroxylation is 4. The van der Waals surface area contributed by atoms with Crippen LogP contribution < -0.4 is 5.32 Å². The molecular formula is C35H45N5O2. The van der Waals surface area contributed by atoms with Crippen LogP contribution in [0.4, 0.5) is 0 Å². The Bertz CT molecular complexity index is 1710. The molecule has 1 amide bonds.